The van der Waals surface area contributed by atoms with Crippen molar-refractivity contribution in [3.05, 3.63) is 24.3 Å². The van der Waals surface area contributed by atoms with E-state index in [1.54, 1.807) is 16.7 Å². The van der Waals surface area contributed by atoms with Crippen LogP contribution in [0.5, 0.6) is 0 Å². The molecule has 0 unspecified atom stereocenters. The summed E-state index contributed by atoms with van der Waals surface area (Å²) in [5.74, 6) is -0.496. The Balaban J connectivity index is 1.66. The number of hydrogen-bond acceptors (Lipinski definition) is 4. The van der Waals surface area contributed by atoms with E-state index in [0.717, 1.165) is 24.2 Å². The van der Waals surface area contributed by atoms with Crippen molar-refractivity contribution in [1.29, 1.82) is 0 Å². The Morgan fingerprint density at radius 2 is 1.69 bits per heavy atom. The number of urea groups is 1. The van der Waals surface area contributed by atoms with Crippen LogP contribution in [0.3, 0.4) is 0 Å². The maximum atomic E-state index is 13.4. The van der Waals surface area contributed by atoms with Crippen molar-refractivity contribution in [1.82, 2.24) is 10.2 Å². The number of primary amides is 1. The molecule has 0 aromatic heterocycles. The first kappa shape index (κ1) is 21.5. The average molecular weight is 419 g/mol. The van der Waals surface area contributed by atoms with Crippen molar-refractivity contribution < 1.29 is 14.4 Å². The number of amides is 4. The highest BCUT2D eigenvalue weighted by atomic mass is 32.2. The number of thioether (sulfide) groups is 1. The molecule has 2 fully saturated rings. The molecular weight excluding hydrogens is 388 g/mol. The number of rotatable bonds is 5. The summed E-state index contributed by atoms with van der Waals surface area (Å²) in [6.07, 6.45) is 7.34. The summed E-state index contributed by atoms with van der Waals surface area (Å²) < 4.78 is 0. The molecule has 4 N–H and O–H groups in total. The molecule has 1 heterocycles. The highest BCUT2D eigenvalue weighted by Crippen LogP contribution is 2.32. The van der Waals surface area contributed by atoms with Gasteiger partial charge in [-0.2, -0.15) is 0 Å². The van der Waals surface area contributed by atoms with Crippen LogP contribution in [0.4, 0.5) is 10.5 Å². The number of nitrogens with one attached hydrogen (secondary N) is 2. The maximum absolute atomic E-state index is 13.4. The Kier molecular flexibility index (Phi) is 7.05. The molecule has 158 valence electrons. The van der Waals surface area contributed by atoms with Crippen molar-refractivity contribution in [3.8, 4) is 0 Å². The molecule has 1 saturated heterocycles. The third-order valence-electron chi connectivity index (χ3n) is 6.00. The first-order chi connectivity index (χ1) is 13.9. The second-order valence-corrected chi connectivity index (χ2v) is 8.80. The summed E-state index contributed by atoms with van der Waals surface area (Å²) in [4.78, 5) is 40.4. The van der Waals surface area contributed by atoms with E-state index in [1.165, 1.54) is 0 Å². The van der Waals surface area contributed by atoms with Crippen LogP contribution in [0.25, 0.3) is 0 Å². The number of likely N-dealkylation sites (tertiary alicyclic amines) is 1. The minimum absolute atomic E-state index is 0.0343. The first-order valence-electron chi connectivity index (χ1n) is 10.3. The van der Waals surface area contributed by atoms with Crippen molar-refractivity contribution in [2.24, 2.45) is 11.7 Å². The molecule has 1 aliphatic carbocycles. The Morgan fingerprint density at radius 3 is 2.24 bits per heavy atom. The fourth-order valence-electron chi connectivity index (χ4n) is 4.27. The summed E-state index contributed by atoms with van der Waals surface area (Å²) in [6, 6.07) is 7.25. The van der Waals surface area contributed by atoms with E-state index in [0.29, 0.717) is 44.5 Å². The zero-order valence-electron chi connectivity index (χ0n) is 16.9. The molecule has 0 atom stereocenters. The van der Waals surface area contributed by atoms with Gasteiger partial charge in [-0.1, -0.05) is 19.3 Å². The molecule has 3 rings (SSSR count). The Morgan fingerprint density at radius 1 is 1.07 bits per heavy atom. The SMILES string of the molecule is CSc1ccc(NC(=O)NC2(C(=O)N3CCC(C(N)=O)CC3)CCCCC2)cc1. The van der Waals surface area contributed by atoms with Crippen LogP contribution in [0, 0.1) is 5.92 Å². The number of piperidine rings is 1. The Labute approximate surface area is 176 Å². The molecular formula is C21H30N4O3S. The zero-order chi connectivity index (χ0) is 20.9. The first-order valence-corrected chi connectivity index (χ1v) is 11.5. The fraction of sp³-hybridized carbons (Fsp3) is 0.571. The van der Waals surface area contributed by atoms with Crippen molar-refractivity contribution in [2.45, 2.75) is 55.4 Å². The third kappa shape index (κ3) is 5.23. The van der Waals surface area contributed by atoms with Crippen LogP contribution in [0.2, 0.25) is 0 Å². The van der Waals surface area contributed by atoms with Gasteiger partial charge in [-0.15, -0.1) is 11.8 Å². The van der Waals surface area contributed by atoms with E-state index < -0.39 is 5.54 Å². The molecule has 2 aliphatic rings. The summed E-state index contributed by atoms with van der Waals surface area (Å²) in [5.41, 5.74) is 5.23. The van der Waals surface area contributed by atoms with Crippen molar-refractivity contribution >= 4 is 35.3 Å². The van der Waals surface area contributed by atoms with E-state index in [2.05, 4.69) is 10.6 Å². The van der Waals surface area contributed by atoms with Crippen LogP contribution in [0.1, 0.15) is 44.9 Å². The molecule has 1 aliphatic heterocycles. The number of anilines is 1. The van der Waals surface area contributed by atoms with Gasteiger partial charge in [-0.25, -0.2) is 4.79 Å². The smallest absolute Gasteiger partial charge is 0.320 e. The molecule has 1 saturated carbocycles. The molecule has 8 heteroatoms. The van der Waals surface area contributed by atoms with Gasteiger partial charge in [0.25, 0.3) is 0 Å². The second-order valence-electron chi connectivity index (χ2n) is 7.92. The molecule has 0 spiro atoms. The van der Waals surface area contributed by atoms with Gasteiger partial charge < -0.3 is 21.3 Å². The van der Waals surface area contributed by atoms with Crippen LogP contribution < -0.4 is 16.4 Å². The second kappa shape index (κ2) is 9.52. The van der Waals surface area contributed by atoms with E-state index >= 15 is 0 Å². The molecule has 0 radical (unpaired) electrons. The number of carbonyl (C=O) groups excluding carboxylic acids is 3. The molecule has 29 heavy (non-hydrogen) atoms. The van der Waals surface area contributed by atoms with Gasteiger partial charge in [0.2, 0.25) is 11.8 Å². The molecule has 7 nitrogen and oxygen atoms in total. The van der Waals surface area contributed by atoms with E-state index in [-0.39, 0.29) is 23.8 Å². The average Bonchev–Trinajstić information content (AvgIpc) is 2.74. The number of nitrogens with two attached hydrogens (primary N) is 1. The molecule has 1 aromatic rings. The van der Waals surface area contributed by atoms with Gasteiger partial charge in [-0.3, -0.25) is 9.59 Å². The molecule has 0 bridgehead atoms. The van der Waals surface area contributed by atoms with Gasteiger partial charge in [0.1, 0.15) is 5.54 Å². The van der Waals surface area contributed by atoms with E-state index in [1.807, 2.05) is 30.5 Å². The predicted octanol–water partition coefficient (Wildman–Crippen LogP) is 2.96. The molecule has 4 amide bonds. The number of carbonyl (C=O) groups is 3. The minimum atomic E-state index is -0.874. The Bertz CT molecular complexity index is 739. The lowest BCUT2D eigenvalue weighted by molar-refractivity contribution is -0.142. The minimum Gasteiger partial charge on any atom is -0.369 e. The number of benzene rings is 1. The van der Waals surface area contributed by atoms with Gasteiger partial charge in [0.15, 0.2) is 0 Å². The van der Waals surface area contributed by atoms with Crippen LogP contribution >= 0.6 is 11.8 Å². The summed E-state index contributed by atoms with van der Waals surface area (Å²) >= 11 is 1.64. The maximum Gasteiger partial charge on any atom is 0.320 e. The quantitative estimate of drug-likeness (QED) is 0.640. The van der Waals surface area contributed by atoms with Crippen LogP contribution in [0.15, 0.2) is 29.2 Å². The molecule has 1 aromatic carbocycles. The summed E-state index contributed by atoms with van der Waals surface area (Å²) in [5, 5.41) is 5.86. The van der Waals surface area contributed by atoms with Crippen molar-refractivity contribution in [2.75, 3.05) is 24.7 Å². The number of nitrogens with zero attached hydrogens (tertiary/aromatic N) is 1. The Hall–Kier alpha value is -2.22. The van der Waals surface area contributed by atoms with E-state index in [4.69, 9.17) is 5.73 Å². The van der Waals surface area contributed by atoms with E-state index in [9.17, 15) is 14.4 Å². The largest absolute Gasteiger partial charge is 0.369 e. The van der Waals surface area contributed by atoms with Gasteiger partial charge in [-0.05, 0) is 56.2 Å². The zero-order valence-corrected chi connectivity index (χ0v) is 17.7. The lowest BCUT2D eigenvalue weighted by Crippen LogP contribution is -2.62. The normalized spacial score (nSPS) is 19.4. The monoisotopic (exact) mass is 418 g/mol. The van der Waals surface area contributed by atoms with Crippen LogP contribution in [-0.4, -0.2) is 47.6 Å². The highest BCUT2D eigenvalue weighted by Gasteiger charge is 2.44. The van der Waals surface area contributed by atoms with Crippen molar-refractivity contribution in [3.63, 3.8) is 0 Å². The summed E-state index contributed by atoms with van der Waals surface area (Å²) in [6.45, 7) is 1.02. The van der Waals surface area contributed by atoms with Gasteiger partial charge in [0, 0.05) is 29.6 Å². The van der Waals surface area contributed by atoms with Crippen LogP contribution in [-0.2, 0) is 9.59 Å². The predicted molar refractivity (Wildman–Crippen MR) is 115 cm³/mol. The third-order valence-corrected chi connectivity index (χ3v) is 6.75. The highest BCUT2D eigenvalue weighted by molar-refractivity contribution is 7.98. The lowest BCUT2D eigenvalue weighted by Gasteiger charge is -2.42. The summed E-state index contributed by atoms with van der Waals surface area (Å²) in [7, 11) is 0. The number of hydrogen-bond donors (Lipinski definition) is 3. The topological polar surface area (TPSA) is 105 Å². The van der Waals surface area contributed by atoms with Gasteiger partial charge >= 0.3 is 6.03 Å². The van der Waals surface area contributed by atoms with Gasteiger partial charge in [0.05, 0.1) is 0 Å². The lowest BCUT2D eigenvalue weighted by atomic mass is 9.80. The standard InChI is InChI=1S/C21H30N4O3S/c1-29-17-7-5-16(6-8-17)23-20(28)24-21(11-3-2-4-12-21)19(27)25-13-9-15(10-14-25)18(22)26/h5-8,15H,2-4,9-14H2,1H3,(H2,22,26)(H2,23,24,28). The fourth-order valence-corrected chi connectivity index (χ4v) is 4.68.